The van der Waals surface area contributed by atoms with Crippen molar-refractivity contribution in [1.82, 2.24) is 15.1 Å². The third kappa shape index (κ3) is 4.36. The van der Waals surface area contributed by atoms with Gasteiger partial charge in [-0.05, 0) is 38.8 Å². The van der Waals surface area contributed by atoms with Crippen LogP contribution >= 0.6 is 0 Å². The molecule has 29 heavy (non-hydrogen) atoms. The maximum atomic E-state index is 12.7. The molecule has 1 fully saturated rings. The molecular formula is C21H25N3O5. The van der Waals surface area contributed by atoms with E-state index in [1.165, 1.54) is 13.8 Å². The molecule has 0 radical (unpaired) electrons. The van der Waals surface area contributed by atoms with E-state index >= 15 is 0 Å². The van der Waals surface area contributed by atoms with Crippen LogP contribution in [0.1, 0.15) is 60.2 Å². The van der Waals surface area contributed by atoms with Crippen LogP contribution in [0.15, 0.2) is 24.3 Å². The highest BCUT2D eigenvalue weighted by Crippen LogP contribution is 2.24. The Bertz CT molecular complexity index is 823. The van der Waals surface area contributed by atoms with Gasteiger partial charge in [-0.25, -0.2) is 0 Å². The van der Waals surface area contributed by atoms with E-state index in [0.717, 1.165) is 4.90 Å². The fourth-order valence-corrected chi connectivity index (χ4v) is 3.71. The lowest BCUT2D eigenvalue weighted by molar-refractivity contribution is -0.134. The number of piperidine rings is 1. The van der Waals surface area contributed by atoms with Crippen LogP contribution in [-0.2, 0) is 14.4 Å². The minimum absolute atomic E-state index is 0.0114. The molecule has 1 N–H and O–H groups in total. The smallest absolute Gasteiger partial charge is 0.262 e. The second-order valence-electron chi connectivity index (χ2n) is 7.57. The first-order valence-corrected chi connectivity index (χ1v) is 9.84. The Morgan fingerprint density at radius 1 is 1.03 bits per heavy atom. The van der Waals surface area contributed by atoms with E-state index in [1.54, 1.807) is 29.2 Å². The summed E-state index contributed by atoms with van der Waals surface area (Å²) in [5.74, 6) is -1.37. The van der Waals surface area contributed by atoms with Gasteiger partial charge in [0.1, 0.15) is 11.8 Å². The number of amides is 4. The number of nitrogens with one attached hydrogen (secondary N) is 1. The first-order chi connectivity index (χ1) is 13.8. The fraction of sp³-hybridized carbons (Fsp3) is 0.476. The van der Waals surface area contributed by atoms with Crippen LogP contribution in [0.2, 0.25) is 0 Å². The molecule has 154 valence electrons. The monoisotopic (exact) mass is 399 g/mol. The van der Waals surface area contributed by atoms with Crippen LogP contribution in [0.25, 0.3) is 0 Å². The molecule has 4 amide bonds. The average molecular weight is 399 g/mol. The molecular weight excluding hydrogens is 374 g/mol. The minimum atomic E-state index is -0.919. The fourth-order valence-electron chi connectivity index (χ4n) is 3.71. The summed E-state index contributed by atoms with van der Waals surface area (Å²) >= 11 is 0. The van der Waals surface area contributed by atoms with Crippen LogP contribution < -0.4 is 5.32 Å². The van der Waals surface area contributed by atoms with Gasteiger partial charge >= 0.3 is 0 Å². The van der Waals surface area contributed by atoms with Gasteiger partial charge in [-0.1, -0.05) is 12.1 Å². The first kappa shape index (κ1) is 20.7. The van der Waals surface area contributed by atoms with E-state index in [9.17, 15) is 24.0 Å². The number of fused-ring (bicyclic) bond motifs is 1. The van der Waals surface area contributed by atoms with Crippen molar-refractivity contribution in [2.45, 2.75) is 51.6 Å². The number of likely N-dealkylation sites (tertiary alicyclic amines) is 1. The zero-order valence-corrected chi connectivity index (χ0v) is 16.6. The van der Waals surface area contributed by atoms with E-state index in [2.05, 4.69) is 5.32 Å². The Labute approximate surface area is 169 Å². The van der Waals surface area contributed by atoms with Crippen molar-refractivity contribution in [3.05, 3.63) is 35.4 Å². The number of rotatable bonds is 6. The molecule has 8 nitrogen and oxygen atoms in total. The second kappa shape index (κ2) is 8.55. The van der Waals surface area contributed by atoms with Crippen molar-refractivity contribution >= 4 is 29.4 Å². The zero-order valence-electron chi connectivity index (χ0n) is 16.6. The molecule has 1 unspecified atom stereocenters. The molecule has 2 aliphatic heterocycles. The Hall–Kier alpha value is -3.03. The number of Topliss-reactive ketones (excluding diaryl/α,β-unsaturated/α-hetero) is 1. The summed E-state index contributed by atoms with van der Waals surface area (Å²) in [5.41, 5.74) is 0.629. The normalized spacial score (nSPS) is 17.9. The summed E-state index contributed by atoms with van der Waals surface area (Å²) in [6.07, 6.45) is 1.63. The van der Waals surface area contributed by atoms with Gasteiger partial charge in [0.25, 0.3) is 11.8 Å². The number of nitrogens with zero attached hydrogens (tertiary/aromatic N) is 2. The molecule has 1 aromatic carbocycles. The topological polar surface area (TPSA) is 104 Å². The maximum Gasteiger partial charge on any atom is 0.262 e. The maximum absolute atomic E-state index is 12.7. The molecule has 0 saturated carbocycles. The van der Waals surface area contributed by atoms with Crippen molar-refractivity contribution in [2.24, 2.45) is 0 Å². The van der Waals surface area contributed by atoms with E-state index in [1.807, 2.05) is 0 Å². The second-order valence-corrected chi connectivity index (χ2v) is 7.57. The number of benzene rings is 1. The molecule has 1 saturated heterocycles. The highest BCUT2D eigenvalue weighted by Gasteiger charge is 2.41. The van der Waals surface area contributed by atoms with Crippen molar-refractivity contribution in [3.63, 3.8) is 0 Å². The molecule has 0 aromatic heterocycles. The van der Waals surface area contributed by atoms with Crippen LogP contribution in [0, 0.1) is 0 Å². The molecule has 8 heteroatoms. The van der Waals surface area contributed by atoms with Crippen LogP contribution in [-0.4, -0.2) is 64.4 Å². The molecule has 3 rings (SSSR count). The van der Waals surface area contributed by atoms with Gasteiger partial charge in [0.2, 0.25) is 11.8 Å². The molecule has 0 spiro atoms. The van der Waals surface area contributed by atoms with Gasteiger partial charge in [-0.15, -0.1) is 0 Å². The van der Waals surface area contributed by atoms with E-state index in [4.69, 9.17) is 0 Å². The van der Waals surface area contributed by atoms with E-state index in [0.29, 0.717) is 37.1 Å². The molecule has 1 aromatic rings. The Balaban J connectivity index is 1.53. The third-order valence-corrected chi connectivity index (χ3v) is 5.48. The van der Waals surface area contributed by atoms with Crippen molar-refractivity contribution in [1.29, 1.82) is 0 Å². The highest BCUT2D eigenvalue weighted by atomic mass is 16.2. The molecule has 0 bridgehead atoms. The quantitative estimate of drug-likeness (QED) is 0.723. The van der Waals surface area contributed by atoms with Gasteiger partial charge in [-0.2, -0.15) is 0 Å². The summed E-state index contributed by atoms with van der Waals surface area (Å²) in [7, 11) is 0. The van der Waals surface area contributed by atoms with Crippen molar-refractivity contribution in [2.75, 3.05) is 13.1 Å². The summed E-state index contributed by atoms with van der Waals surface area (Å²) in [6.45, 7) is 4.01. The highest BCUT2D eigenvalue weighted by molar-refractivity contribution is 6.22. The molecule has 2 aliphatic rings. The van der Waals surface area contributed by atoms with Gasteiger partial charge in [0.05, 0.1) is 11.1 Å². The number of hydrogen-bond donors (Lipinski definition) is 1. The molecule has 2 heterocycles. The number of imide groups is 1. The number of carbonyl (C=O) groups is 5. The minimum Gasteiger partial charge on any atom is -0.351 e. The first-order valence-electron chi connectivity index (χ1n) is 9.84. The molecule has 1 atom stereocenters. The zero-order chi connectivity index (χ0) is 21.1. The number of carbonyl (C=O) groups excluding carboxylic acids is 5. The van der Waals surface area contributed by atoms with Crippen molar-refractivity contribution in [3.8, 4) is 0 Å². The van der Waals surface area contributed by atoms with Gasteiger partial charge in [-0.3, -0.25) is 24.1 Å². The van der Waals surface area contributed by atoms with Crippen LogP contribution in [0.4, 0.5) is 0 Å². The number of hydrogen-bond acceptors (Lipinski definition) is 5. The lowest BCUT2D eigenvalue weighted by atomic mass is 10.0. The lowest BCUT2D eigenvalue weighted by Gasteiger charge is -2.33. The van der Waals surface area contributed by atoms with Gasteiger partial charge < -0.3 is 15.0 Å². The molecule has 0 aliphatic carbocycles. The van der Waals surface area contributed by atoms with Gasteiger partial charge in [0, 0.05) is 32.0 Å². The Morgan fingerprint density at radius 2 is 1.59 bits per heavy atom. The summed E-state index contributed by atoms with van der Waals surface area (Å²) in [4.78, 5) is 63.5. The standard InChI is InChI=1S/C21H25N3O5/c1-13(25)7-8-18(26)23-11-9-15(10-12-23)22-19(27)14(2)24-20(28)16-5-3-4-6-17(16)21(24)29/h3-6,14-15H,7-12H2,1-2H3,(H,22,27). The predicted octanol–water partition coefficient (Wildman–Crippen LogP) is 1.15. The number of ketones is 1. The van der Waals surface area contributed by atoms with E-state index in [-0.39, 0.29) is 36.5 Å². The Morgan fingerprint density at radius 3 is 2.10 bits per heavy atom. The van der Waals surface area contributed by atoms with Gasteiger partial charge in [0.15, 0.2) is 0 Å². The predicted molar refractivity (Wildman–Crippen MR) is 104 cm³/mol. The van der Waals surface area contributed by atoms with Crippen LogP contribution in [0.3, 0.4) is 0 Å². The Kier molecular flexibility index (Phi) is 6.10. The largest absolute Gasteiger partial charge is 0.351 e. The summed E-state index contributed by atoms with van der Waals surface area (Å²) in [5, 5.41) is 2.90. The average Bonchev–Trinajstić information content (AvgIpc) is 2.96. The van der Waals surface area contributed by atoms with E-state index < -0.39 is 17.9 Å². The SMILES string of the molecule is CC(=O)CCC(=O)N1CCC(NC(=O)C(C)N2C(=O)c3ccccc3C2=O)CC1. The third-order valence-electron chi connectivity index (χ3n) is 5.48. The summed E-state index contributed by atoms with van der Waals surface area (Å²) < 4.78 is 0. The summed E-state index contributed by atoms with van der Waals surface area (Å²) in [6, 6.07) is 5.49. The van der Waals surface area contributed by atoms with Crippen LogP contribution in [0.5, 0.6) is 0 Å². The lowest BCUT2D eigenvalue weighted by Crippen LogP contribution is -2.53. The van der Waals surface area contributed by atoms with Crippen molar-refractivity contribution < 1.29 is 24.0 Å².